The third-order valence-corrected chi connectivity index (χ3v) is 7.04. The largest absolute Gasteiger partial charge is 0.458 e. The molecule has 5 rings (SSSR count). The fourth-order valence-electron chi connectivity index (χ4n) is 4.96. The molecule has 0 amide bonds. The molecule has 1 aromatic carbocycles. The van der Waals surface area contributed by atoms with Crippen molar-refractivity contribution in [3.05, 3.63) is 80.4 Å². The van der Waals surface area contributed by atoms with E-state index in [-0.39, 0.29) is 23.0 Å². The summed E-state index contributed by atoms with van der Waals surface area (Å²) in [4.78, 5) is 46.9. The molecular formula is C28H34N6O5. The third kappa shape index (κ3) is 5.40. The van der Waals surface area contributed by atoms with Crippen LogP contribution in [-0.4, -0.2) is 49.9 Å². The van der Waals surface area contributed by atoms with Gasteiger partial charge in [0.25, 0.3) is 5.56 Å². The van der Waals surface area contributed by atoms with Gasteiger partial charge in [-0.1, -0.05) is 42.0 Å². The van der Waals surface area contributed by atoms with E-state index in [4.69, 9.17) is 20.2 Å². The lowest BCUT2D eigenvalue weighted by Crippen LogP contribution is -2.44. The Bertz CT molecular complexity index is 1560. The number of anilines is 1. The number of hydrogen-bond acceptors (Lipinski definition) is 8. The number of allylic oxidation sites excluding steroid dienone is 3. The van der Waals surface area contributed by atoms with Gasteiger partial charge in [0, 0.05) is 39.1 Å². The van der Waals surface area contributed by atoms with Gasteiger partial charge >= 0.3 is 5.69 Å². The van der Waals surface area contributed by atoms with Crippen molar-refractivity contribution in [2.75, 3.05) is 18.0 Å². The van der Waals surface area contributed by atoms with Crippen LogP contribution in [0.1, 0.15) is 32.3 Å². The van der Waals surface area contributed by atoms with E-state index < -0.39 is 29.9 Å². The first kappa shape index (κ1) is 26.5. The first-order valence-electron chi connectivity index (χ1n) is 13.2. The zero-order chi connectivity index (χ0) is 27.7. The van der Waals surface area contributed by atoms with E-state index in [1.165, 1.54) is 10.8 Å². The molecule has 1 fully saturated rings. The number of rotatable bonds is 8. The number of imidazole rings is 1. The maximum absolute atomic E-state index is 13.8. The van der Waals surface area contributed by atoms with Crippen molar-refractivity contribution in [3.8, 4) is 0 Å². The fraction of sp³-hybridized carbons (Fsp3) is 0.429. The number of hydrogen-bond donors (Lipinski definition) is 1. The minimum atomic E-state index is -0.655. The van der Waals surface area contributed by atoms with E-state index in [1.807, 2.05) is 54.8 Å². The minimum Gasteiger partial charge on any atom is -0.458 e. The molecule has 2 aliphatic heterocycles. The molecule has 11 nitrogen and oxygen atoms in total. The van der Waals surface area contributed by atoms with Gasteiger partial charge in [-0.2, -0.15) is 4.98 Å². The second-order valence-electron chi connectivity index (χ2n) is 10.3. The van der Waals surface area contributed by atoms with Crippen LogP contribution in [0.3, 0.4) is 0 Å². The predicted octanol–water partition coefficient (Wildman–Crippen LogP) is 1.82. The molecule has 39 heavy (non-hydrogen) atoms. The maximum atomic E-state index is 13.8. The number of carbonyl (C=O) groups excluding carboxylic acids is 1. The first-order chi connectivity index (χ1) is 18.7. The summed E-state index contributed by atoms with van der Waals surface area (Å²) in [6, 6.07) is 9.62. The van der Waals surface area contributed by atoms with Crippen molar-refractivity contribution in [2.45, 2.75) is 58.5 Å². The SMILES string of the molecule is CC(C)=CCn1c(N2CCCC(N)C2)nc2c1c(=O)n(CC(=O)C1=COC(Cc3ccccc3)O1)c(=O)n2C. The molecule has 2 aliphatic rings. The van der Waals surface area contributed by atoms with Crippen LogP contribution in [0, 0.1) is 0 Å². The lowest BCUT2D eigenvalue weighted by atomic mass is 10.1. The first-order valence-corrected chi connectivity index (χ1v) is 13.2. The Morgan fingerprint density at radius 2 is 1.95 bits per heavy atom. The molecule has 0 spiro atoms. The van der Waals surface area contributed by atoms with E-state index in [0.29, 0.717) is 25.5 Å². The summed E-state index contributed by atoms with van der Waals surface area (Å²) >= 11 is 0. The lowest BCUT2D eigenvalue weighted by molar-refractivity contribution is -0.122. The van der Waals surface area contributed by atoms with Gasteiger partial charge in [-0.05, 0) is 32.3 Å². The number of aryl methyl sites for hydroxylation is 1. The molecule has 2 unspecified atom stereocenters. The summed E-state index contributed by atoms with van der Waals surface area (Å²) in [5.74, 6) is 0.0422. The molecule has 0 bridgehead atoms. The van der Waals surface area contributed by atoms with Gasteiger partial charge in [0.15, 0.2) is 11.2 Å². The van der Waals surface area contributed by atoms with Gasteiger partial charge in [-0.25, -0.2) is 4.79 Å². The quantitative estimate of drug-likeness (QED) is 0.434. The maximum Gasteiger partial charge on any atom is 0.332 e. The number of piperidine rings is 1. The molecule has 1 saturated heterocycles. The molecule has 0 radical (unpaired) electrons. The summed E-state index contributed by atoms with van der Waals surface area (Å²) in [7, 11) is 1.55. The number of carbonyl (C=O) groups is 1. The van der Waals surface area contributed by atoms with E-state index in [9.17, 15) is 14.4 Å². The van der Waals surface area contributed by atoms with Crippen molar-refractivity contribution in [2.24, 2.45) is 12.8 Å². The highest BCUT2D eigenvalue weighted by molar-refractivity contribution is 5.93. The summed E-state index contributed by atoms with van der Waals surface area (Å²) < 4.78 is 15.3. The lowest BCUT2D eigenvalue weighted by Gasteiger charge is -2.31. The number of nitrogens with two attached hydrogens (primary N) is 1. The highest BCUT2D eigenvalue weighted by Gasteiger charge is 2.29. The fourth-order valence-corrected chi connectivity index (χ4v) is 4.96. The Morgan fingerprint density at radius 3 is 2.67 bits per heavy atom. The molecule has 4 heterocycles. The number of benzene rings is 1. The average Bonchev–Trinajstić information content (AvgIpc) is 3.54. The molecule has 11 heteroatoms. The summed E-state index contributed by atoms with van der Waals surface area (Å²) in [6.45, 7) is 5.23. The highest BCUT2D eigenvalue weighted by Crippen LogP contribution is 2.24. The average molecular weight is 535 g/mol. The molecular weight excluding hydrogens is 500 g/mol. The zero-order valence-corrected chi connectivity index (χ0v) is 22.5. The molecule has 2 aromatic heterocycles. The van der Waals surface area contributed by atoms with Gasteiger partial charge in [0.2, 0.25) is 23.8 Å². The topological polar surface area (TPSA) is 127 Å². The molecule has 3 aromatic rings. The molecule has 2 atom stereocenters. The van der Waals surface area contributed by atoms with Crippen LogP contribution in [0.25, 0.3) is 11.2 Å². The van der Waals surface area contributed by atoms with Crippen molar-refractivity contribution < 1.29 is 14.3 Å². The van der Waals surface area contributed by atoms with Crippen LogP contribution in [0.15, 0.2) is 63.6 Å². The molecule has 0 saturated carbocycles. The van der Waals surface area contributed by atoms with Gasteiger partial charge in [-0.15, -0.1) is 0 Å². The van der Waals surface area contributed by atoms with Crippen molar-refractivity contribution in [1.29, 1.82) is 0 Å². The summed E-state index contributed by atoms with van der Waals surface area (Å²) in [5.41, 5.74) is 7.62. The number of ether oxygens (including phenoxy) is 2. The van der Waals surface area contributed by atoms with Gasteiger partial charge in [-0.3, -0.25) is 18.7 Å². The highest BCUT2D eigenvalue weighted by atomic mass is 16.7. The molecule has 0 aliphatic carbocycles. The second-order valence-corrected chi connectivity index (χ2v) is 10.3. The second kappa shape index (κ2) is 10.9. The van der Waals surface area contributed by atoms with E-state index in [0.717, 1.165) is 35.1 Å². The number of nitrogens with zero attached hydrogens (tertiary/aromatic N) is 5. The van der Waals surface area contributed by atoms with E-state index in [2.05, 4.69) is 4.90 Å². The predicted molar refractivity (Wildman–Crippen MR) is 147 cm³/mol. The number of ketones is 1. The summed E-state index contributed by atoms with van der Waals surface area (Å²) in [5, 5.41) is 0. The zero-order valence-electron chi connectivity index (χ0n) is 22.5. The van der Waals surface area contributed by atoms with E-state index >= 15 is 0 Å². The number of aromatic nitrogens is 4. The normalized spacial score (nSPS) is 19.0. The van der Waals surface area contributed by atoms with Crippen LogP contribution in [0.2, 0.25) is 0 Å². The van der Waals surface area contributed by atoms with Gasteiger partial charge < -0.3 is 24.7 Å². The Kier molecular flexibility index (Phi) is 7.42. The molecule has 2 N–H and O–H groups in total. The Balaban J connectivity index is 1.47. The van der Waals surface area contributed by atoms with E-state index in [1.54, 1.807) is 7.05 Å². The molecule has 206 valence electrons. The Morgan fingerprint density at radius 1 is 1.18 bits per heavy atom. The van der Waals surface area contributed by atoms with Crippen LogP contribution in [-0.2, 0) is 40.8 Å². The van der Waals surface area contributed by atoms with Gasteiger partial charge in [0.1, 0.15) is 6.26 Å². The van der Waals surface area contributed by atoms with Crippen LogP contribution in [0.5, 0.6) is 0 Å². The van der Waals surface area contributed by atoms with Crippen molar-refractivity contribution >= 4 is 22.9 Å². The number of fused-ring (bicyclic) bond motifs is 1. The minimum absolute atomic E-state index is 0.00110. The Labute approximate surface area is 225 Å². The third-order valence-electron chi connectivity index (χ3n) is 7.04. The standard InChI is InChI=1S/C28H34N6O5/c1-18(2)11-13-33-24-25(30-27(33)32-12-7-10-20(29)15-32)31(3)28(37)34(26(24)36)16-21(35)22-17-38-23(39-22)14-19-8-5-4-6-9-19/h4-6,8-9,11,17,20,23H,7,10,12-16,29H2,1-3H3. The number of Topliss-reactive ketones (excluding diaryl/α,β-unsaturated/α-hetero) is 1. The van der Waals surface area contributed by atoms with Crippen LogP contribution >= 0.6 is 0 Å². The smallest absolute Gasteiger partial charge is 0.332 e. The summed E-state index contributed by atoms with van der Waals surface area (Å²) in [6.07, 6.45) is 4.88. The van der Waals surface area contributed by atoms with Crippen molar-refractivity contribution in [3.63, 3.8) is 0 Å². The van der Waals surface area contributed by atoms with Crippen molar-refractivity contribution in [1.82, 2.24) is 18.7 Å². The monoisotopic (exact) mass is 534 g/mol. The van der Waals surface area contributed by atoms with Crippen LogP contribution in [0.4, 0.5) is 5.95 Å². The Hall–Kier alpha value is -4.12. The van der Waals surface area contributed by atoms with Gasteiger partial charge in [0.05, 0.1) is 6.54 Å². The van der Waals surface area contributed by atoms with Crippen LogP contribution < -0.4 is 21.9 Å².